The molecule has 1 fully saturated rings. The summed E-state index contributed by atoms with van der Waals surface area (Å²) in [4.78, 5) is 24.6. The van der Waals surface area contributed by atoms with Crippen molar-refractivity contribution in [1.82, 2.24) is 4.90 Å². The SMILES string of the molecule is CC1CCCN(C(=O)c2c(F)cccc2F)C1C(=O)O. The van der Waals surface area contributed by atoms with E-state index in [4.69, 9.17) is 0 Å². The summed E-state index contributed by atoms with van der Waals surface area (Å²) in [5.74, 6) is -4.25. The average molecular weight is 283 g/mol. The third-order valence-corrected chi connectivity index (χ3v) is 3.62. The Bertz CT molecular complexity index is 527. The molecule has 1 saturated heterocycles. The fraction of sp³-hybridized carbons (Fsp3) is 0.429. The van der Waals surface area contributed by atoms with E-state index in [1.165, 1.54) is 0 Å². The summed E-state index contributed by atoms with van der Waals surface area (Å²) in [6, 6.07) is 2.09. The molecule has 0 spiro atoms. The quantitative estimate of drug-likeness (QED) is 0.906. The van der Waals surface area contributed by atoms with Crippen molar-refractivity contribution in [1.29, 1.82) is 0 Å². The Morgan fingerprint density at radius 1 is 1.30 bits per heavy atom. The number of carbonyl (C=O) groups excluding carboxylic acids is 1. The van der Waals surface area contributed by atoms with Gasteiger partial charge in [0.25, 0.3) is 5.91 Å². The van der Waals surface area contributed by atoms with Gasteiger partial charge < -0.3 is 10.0 Å². The minimum absolute atomic E-state index is 0.188. The summed E-state index contributed by atoms with van der Waals surface area (Å²) >= 11 is 0. The highest BCUT2D eigenvalue weighted by atomic mass is 19.1. The Hall–Kier alpha value is -1.98. The monoisotopic (exact) mass is 283 g/mol. The summed E-state index contributed by atoms with van der Waals surface area (Å²) in [5.41, 5.74) is -0.687. The number of benzene rings is 1. The van der Waals surface area contributed by atoms with Gasteiger partial charge in [0.05, 0.1) is 0 Å². The van der Waals surface area contributed by atoms with Gasteiger partial charge in [0, 0.05) is 6.54 Å². The minimum Gasteiger partial charge on any atom is -0.480 e. The van der Waals surface area contributed by atoms with Crippen LogP contribution in [0.4, 0.5) is 8.78 Å². The van der Waals surface area contributed by atoms with Crippen LogP contribution in [-0.2, 0) is 4.79 Å². The molecule has 0 aromatic heterocycles. The molecule has 0 radical (unpaired) electrons. The predicted molar refractivity (Wildman–Crippen MR) is 67.2 cm³/mol. The summed E-state index contributed by atoms with van der Waals surface area (Å²) in [6.45, 7) is 1.91. The van der Waals surface area contributed by atoms with Crippen LogP contribution in [0, 0.1) is 17.6 Å². The number of carboxylic acid groups (broad SMARTS) is 1. The average Bonchev–Trinajstić information content (AvgIpc) is 2.37. The van der Waals surface area contributed by atoms with E-state index in [1.54, 1.807) is 6.92 Å². The van der Waals surface area contributed by atoms with Crippen LogP contribution in [0.15, 0.2) is 18.2 Å². The highest BCUT2D eigenvalue weighted by molar-refractivity contribution is 5.97. The van der Waals surface area contributed by atoms with E-state index in [2.05, 4.69) is 0 Å². The van der Waals surface area contributed by atoms with E-state index in [0.717, 1.165) is 23.1 Å². The maximum Gasteiger partial charge on any atom is 0.326 e. The van der Waals surface area contributed by atoms with Crippen LogP contribution in [0.5, 0.6) is 0 Å². The van der Waals surface area contributed by atoms with Crippen molar-refractivity contribution >= 4 is 11.9 Å². The lowest BCUT2D eigenvalue weighted by atomic mass is 9.90. The molecule has 2 rings (SSSR count). The second-order valence-corrected chi connectivity index (χ2v) is 5.00. The third-order valence-electron chi connectivity index (χ3n) is 3.62. The first-order valence-corrected chi connectivity index (χ1v) is 6.41. The molecule has 2 unspecified atom stereocenters. The molecule has 1 aromatic rings. The lowest BCUT2D eigenvalue weighted by Crippen LogP contribution is -2.52. The lowest BCUT2D eigenvalue weighted by Gasteiger charge is -2.37. The van der Waals surface area contributed by atoms with Crippen LogP contribution in [0.1, 0.15) is 30.1 Å². The number of amides is 1. The summed E-state index contributed by atoms with van der Waals surface area (Å²) in [6.07, 6.45) is 1.28. The van der Waals surface area contributed by atoms with Crippen LogP contribution in [-0.4, -0.2) is 34.5 Å². The van der Waals surface area contributed by atoms with Crippen molar-refractivity contribution < 1.29 is 23.5 Å². The molecule has 4 nitrogen and oxygen atoms in total. The molecule has 0 aliphatic carbocycles. The Morgan fingerprint density at radius 2 is 1.90 bits per heavy atom. The van der Waals surface area contributed by atoms with Crippen molar-refractivity contribution in [2.24, 2.45) is 5.92 Å². The largest absolute Gasteiger partial charge is 0.480 e. The normalized spacial score (nSPS) is 22.6. The standard InChI is InChI=1S/C14H15F2NO3/c1-8-4-3-7-17(12(8)14(19)20)13(18)11-9(15)5-2-6-10(11)16/h2,5-6,8,12H,3-4,7H2,1H3,(H,19,20). The predicted octanol–water partition coefficient (Wildman–Crippen LogP) is 2.29. The summed E-state index contributed by atoms with van der Waals surface area (Å²) in [7, 11) is 0. The molecule has 1 N–H and O–H groups in total. The lowest BCUT2D eigenvalue weighted by molar-refractivity contribution is -0.145. The molecule has 1 aliphatic rings. The number of hydrogen-bond donors (Lipinski definition) is 1. The van der Waals surface area contributed by atoms with E-state index in [0.29, 0.717) is 12.8 Å². The van der Waals surface area contributed by atoms with E-state index in [9.17, 15) is 23.5 Å². The maximum atomic E-state index is 13.6. The molecule has 0 bridgehead atoms. The first-order valence-electron chi connectivity index (χ1n) is 6.41. The second kappa shape index (κ2) is 5.56. The number of carbonyl (C=O) groups is 2. The molecule has 1 heterocycles. The zero-order chi connectivity index (χ0) is 14.9. The molecule has 6 heteroatoms. The number of rotatable bonds is 2. The number of hydrogen-bond acceptors (Lipinski definition) is 2. The number of carboxylic acids is 1. The number of likely N-dealkylation sites (tertiary alicyclic amines) is 1. The first-order chi connectivity index (χ1) is 9.43. The topological polar surface area (TPSA) is 57.6 Å². The molecule has 108 valence electrons. The minimum atomic E-state index is -1.15. The third kappa shape index (κ3) is 2.50. The first kappa shape index (κ1) is 14.4. The van der Waals surface area contributed by atoms with Gasteiger partial charge in [0.15, 0.2) is 0 Å². The van der Waals surface area contributed by atoms with E-state index < -0.39 is 35.1 Å². The molecular formula is C14H15F2NO3. The number of nitrogens with zero attached hydrogens (tertiary/aromatic N) is 1. The van der Waals surface area contributed by atoms with Crippen LogP contribution in [0.2, 0.25) is 0 Å². The van der Waals surface area contributed by atoms with Gasteiger partial charge in [-0.1, -0.05) is 13.0 Å². The van der Waals surface area contributed by atoms with Gasteiger partial charge >= 0.3 is 5.97 Å². The van der Waals surface area contributed by atoms with Crippen LogP contribution < -0.4 is 0 Å². The number of piperidine rings is 1. The zero-order valence-electron chi connectivity index (χ0n) is 11.0. The fourth-order valence-electron chi connectivity index (χ4n) is 2.64. The molecular weight excluding hydrogens is 268 g/mol. The Kier molecular flexibility index (Phi) is 4.01. The second-order valence-electron chi connectivity index (χ2n) is 5.00. The Labute approximate surface area is 115 Å². The smallest absolute Gasteiger partial charge is 0.326 e. The van der Waals surface area contributed by atoms with E-state index in [1.807, 2.05) is 0 Å². The van der Waals surface area contributed by atoms with Crippen molar-refractivity contribution in [2.45, 2.75) is 25.8 Å². The molecule has 1 aromatic carbocycles. The summed E-state index contributed by atoms with van der Waals surface area (Å²) < 4.78 is 27.3. The van der Waals surface area contributed by atoms with E-state index >= 15 is 0 Å². The van der Waals surface area contributed by atoms with Crippen LogP contribution in [0.25, 0.3) is 0 Å². The van der Waals surface area contributed by atoms with Gasteiger partial charge in [-0.15, -0.1) is 0 Å². The van der Waals surface area contributed by atoms with Crippen molar-refractivity contribution in [3.05, 3.63) is 35.4 Å². The summed E-state index contributed by atoms with van der Waals surface area (Å²) in [5, 5.41) is 9.23. The van der Waals surface area contributed by atoms with Gasteiger partial charge in [-0.3, -0.25) is 4.79 Å². The van der Waals surface area contributed by atoms with Gasteiger partial charge in [-0.2, -0.15) is 0 Å². The fourth-order valence-corrected chi connectivity index (χ4v) is 2.64. The van der Waals surface area contributed by atoms with Gasteiger partial charge in [-0.05, 0) is 30.9 Å². The molecule has 1 aliphatic heterocycles. The van der Waals surface area contributed by atoms with E-state index in [-0.39, 0.29) is 12.5 Å². The Morgan fingerprint density at radius 3 is 2.45 bits per heavy atom. The number of halogens is 2. The molecule has 20 heavy (non-hydrogen) atoms. The highest BCUT2D eigenvalue weighted by Crippen LogP contribution is 2.26. The molecule has 1 amide bonds. The Balaban J connectivity index is 2.38. The van der Waals surface area contributed by atoms with Crippen LogP contribution in [0.3, 0.4) is 0 Å². The number of aliphatic carboxylic acids is 1. The maximum absolute atomic E-state index is 13.6. The van der Waals surface area contributed by atoms with Crippen LogP contribution >= 0.6 is 0 Å². The van der Waals surface area contributed by atoms with Gasteiger partial charge in [0.1, 0.15) is 23.2 Å². The van der Waals surface area contributed by atoms with Gasteiger partial charge in [0.2, 0.25) is 0 Å². The van der Waals surface area contributed by atoms with Gasteiger partial charge in [-0.25, -0.2) is 13.6 Å². The molecule has 2 atom stereocenters. The van der Waals surface area contributed by atoms with Crippen molar-refractivity contribution in [3.63, 3.8) is 0 Å². The highest BCUT2D eigenvalue weighted by Gasteiger charge is 2.38. The van der Waals surface area contributed by atoms with Crippen molar-refractivity contribution in [2.75, 3.05) is 6.54 Å². The van der Waals surface area contributed by atoms with Crippen molar-refractivity contribution in [3.8, 4) is 0 Å². The zero-order valence-corrected chi connectivity index (χ0v) is 11.0. The molecule has 0 saturated carbocycles.